The van der Waals surface area contributed by atoms with Gasteiger partial charge in [0.25, 0.3) is 0 Å². The van der Waals surface area contributed by atoms with Gasteiger partial charge < -0.3 is 10.0 Å². The largest absolute Gasteiger partial charge is 0.386 e. The second-order valence-corrected chi connectivity index (χ2v) is 4.86. The molecule has 0 saturated heterocycles. The van der Waals surface area contributed by atoms with Gasteiger partial charge in [-0.1, -0.05) is 6.92 Å². The van der Waals surface area contributed by atoms with Crippen LogP contribution in [-0.2, 0) is 0 Å². The Morgan fingerprint density at radius 1 is 1.35 bits per heavy atom. The van der Waals surface area contributed by atoms with Crippen molar-refractivity contribution in [3.63, 3.8) is 0 Å². The Balaban J connectivity index is 2.63. The molecule has 1 rings (SSSR count). The van der Waals surface area contributed by atoms with Crippen molar-refractivity contribution in [2.45, 2.75) is 32.9 Å². The molecule has 0 saturated carbocycles. The minimum absolute atomic E-state index is 0.0559. The van der Waals surface area contributed by atoms with E-state index in [0.29, 0.717) is 11.7 Å². The molecule has 0 aliphatic heterocycles. The van der Waals surface area contributed by atoms with E-state index in [2.05, 4.69) is 23.7 Å². The molecule has 0 spiro atoms. The Hall–Kier alpha value is -1.00. The van der Waals surface area contributed by atoms with E-state index in [1.807, 2.05) is 14.0 Å². The van der Waals surface area contributed by atoms with E-state index in [4.69, 9.17) is 0 Å². The molecule has 0 aliphatic carbocycles. The second kappa shape index (κ2) is 6.07. The van der Waals surface area contributed by atoms with Crippen LogP contribution in [-0.4, -0.2) is 34.6 Å². The summed E-state index contributed by atoms with van der Waals surface area (Å²) in [7, 11) is 2.02. The lowest BCUT2D eigenvalue weighted by Gasteiger charge is -2.27. The van der Waals surface area contributed by atoms with Crippen LogP contribution >= 0.6 is 0 Å². The van der Waals surface area contributed by atoms with Gasteiger partial charge in [0.1, 0.15) is 5.82 Å². The van der Waals surface area contributed by atoms with Gasteiger partial charge in [0.2, 0.25) is 0 Å². The van der Waals surface area contributed by atoms with Gasteiger partial charge in [-0.15, -0.1) is 0 Å². The normalized spacial score (nSPS) is 15.3. The molecule has 1 N–H and O–H groups in total. The first kappa shape index (κ1) is 14.1. The Morgan fingerprint density at radius 2 is 2.00 bits per heavy atom. The Morgan fingerprint density at radius 3 is 2.47 bits per heavy atom. The van der Waals surface area contributed by atoms with Crippen molar-refractivity contribution in [2.75, 3.05) is 13.6 Å². The molecule has 2 atom stereocenters. The fraction of sp³-hybridized carbons (Fsp3) is 0.615. The van der Waals surface area contributed by atoms with Crippen LogP contribution in [0.25, 0.3) is 0 Å². The van der Waals surface area contributed by atoms with E-state index >= 15 is 0 Å². The Kier molecular flexibility index (Phi) is 5.02. The van der Waals surface area contributed by atoms with Crippen LogP contribution in [0.3, 0.4) is 0 Å². The van der Waals surface area contributed by atoms with Crippen molar-refractivity contribution >= 4 is 0 Å². The molecule has 96 valence electrons. The Bertz CT molecular complexity index is 340. The third-order valence-corrected chi connectivity index (χ3v) is 3.05. The maximum Gasteiger partial charge on any atom is 0.141 e. The van der Waals surface area contributed by atoms with E-state index in [1.165, 1.54) is 12.1 Å². The van der Waals surface area contributed by atoms with Gasteiger partial charge in [-0.25, -0.2) is 4.39 Å². The highest BCUT2D eigenvalue weighted by atomic mass is 19.1. The van der Waals surface area contributed by atoms with Crippen molar-refractivity contribution in [3.05, 3.63) is 29.8 Å². The van der Waals surface area contributed by atoms with E-state index in [0.717, 1.165) is 12.7 Å². The average Bonchev–Trinajstić information content (AvgIpc) is 2.28. The SMILES string of the molecule is CC(CN(C)C(C)C)C(O)c1ccc(F)cn1. The van der Waals surface area contributed by atoms with E-state index in [9.17, 15) is 9.50 Å². The smallest absolute Gasteiger partial charge is 0.141 e. The topological polar surface area (TPSA) is 36.4 Å². The molecule has 1 aromatic heterocycles. The van der Waals surface area contributed by atoms with Gasteiger partial charge in [-0.3, -0.25) is 4.98 Å². The molecule has 0 amide bonds. The summed E-state index contributed by atoms with van der Waals surface area (Å²) in [5, 5.41) is 10.1. The van der Waals surface area contributed by atoms with Crippen LogP contribution in [0.5, 0.6) is 0 Å². The molecule has 0 bridgehead atoms. The molecule has 0 aliphatic rings. The zero-order chi connectivity index (χ0) is 13.0. The number of hydrogen-bond donors (Lipinski definition) is 1. The molecule has 4 heteroatoms. The highest BCUT2D eigenvalue weighted by Gasteiger charge is 2.20. The van der Waals surface area contributed by atoms with Gasteiger partial charge in [0, 0.05) is 18.5 Å². The van der Waals surface area contributed by atoms with Gasteiger partial charge in [-0.2, -0.15) is 0 Å². The third kappa shape index (κ3) is 4.06. The van der Waals surface area contributed by atoms with E-state index in [1.54, 1.807) is 0 Å². The summed E-state index contributed by atoms with van der Waals surface area (Å²) in [6.45, 7) is 6.96. The van der Waals surface area contributed by atoms with Gasteiger partial charge in [0.05, 0.1) is 18.0 Å². The Labute approximate surface area is 102 Å². The molecule has 0 aromatic carbocycles. The standard InChI is InChI=1S/C13H21FN2O/c1-9(2)16(4)8-10(3)13(17)12-6-5-11(14)7-15-12/h5-7,9-10,13,17H,8H2,1-4H3. The highest BCUT2D eigenvalue weighted by molar-refractivity contribution is 5.08. The lowest BCUT2D eigenvalue weighted by Crippen LogP contribution is -2.33. The second-order valence-electron chi connectivity index (χ2n) is 4.86. The van der Waals surface area contributed by atoms with Crippen LogP contribution in [0.1, 0.15) is 32.6 Å². The quantitative estimate of drug-likeness (QED) is 0.857. The average molecular weight is 240 g/mol. The molecule has 3 nitrogen and oxygen atoms in total. The minimum atomic E-state index is -0.656. The van der Waals surface area contributed by atoms with E-state index in [-0.39, 0.29) is 11.7 Å². The van der Waals surface area contributed by atoms with Crippen LogP contribution in [0.4, 0.5) is 4.39 Å². The minimum Gasteiger partial charge on any atom is -0.386 e. The zero-order valence-electron chi connectivity index (χ0n) is 10.9. The summed E-state index contributed by atoms with van der Waals surface area (Å²) >= 11 is 0. The first-order chi connectivity index (χ1) is 7.91. The predicted molar refractivity (Wildman–Crippen MR) is 66.1 cm³/mol. The van der Waals surface area contributed by atoms with E-state index < -0.39 is 6.10 Å². The number of rotatable bonds is 5. The van der Waals surface area contributed by atoms with Crippen molar-refractivity contribution in [3.8, 4) is 0 Å². The fourth-order valence-corrected chi connectivity index (χ4v) is 1.62. The first-order valence-electron chi connectivity index (χ1n) is 5.91. The summed E-state index contributed by atoms with van der Waals surface area (Å²) in [6.07, 6.45) is 0.481. The lowest BCUT2D eigenvalue weighted by molar-refractivity contribution is 0.0843. The highest BCUT2D eigenvalue weighted by Crippen LogP contribution is 2.21. The first-order valence-corrected chi connectivity index (χ1v) is 5.91. The molecular formula is C13H21FN2O. The van der Waals surface area contributed by atoms with Crippen molar-refractivity contribution in [2.24, 2.45) is 5.92 Å². The fourth-order valence-electron chi connectivity index (χ4n) is 1.62. The number of nitrogens with zero attached hydrogens (tertiary/aromatic N) is 2. The number of aliphatic hydroxyl groups excluding tert-OH is 1. The van der Waals surface area contributed by atoms with Crippen LogP contribution in [0.2, 0.25) is 0 Å². The molecule has 1 heterocycles. The van der Waals surface area contributed by atoms with Gasteiger partial charge in [0.15, 0.2) is 0 Å². The predicted octanol–water partition coefficient (Wildman–Crippen LogP) is 2.23. The maximum atomic E-state index is 12.7. The van der Waals surface area contributed by atoms with Crippen molar-refractivity contribution in [1.29, 1.82) is 0 Å². The summed E-state index contributed by atoms with van der Waals surface area (Å²) in [5.74, 6) is -0.326. The van der Waals surface area contributed by atoms with Crippen molar-refractivity contribution in [1.82, 2.24) is 9.88 Å². The lowest BCUT2D eigenvalue weighted by atomic mass is 10.0. The van der Waals surface area contributed by atoms with Crippen LogP contribution in [0, 0.1) is 11.7 Å². The molecule has 17 heavy (non-hydrogen) atoms. The summed E-state index contributed by atoms with van der Waals surface area (Å²) < 4.78 is 12.7. The molecule has 2 unspecified atom stereocenters. The zero-order valence-corrected chi connectivity index (χ0v) is 10.9. The number of hydrogen-bond acceptors (Lipinski definition) is 3. The summed E-state index contributed by atoms with van der Waals surface area (Å²) in [6, 6.07) is 3.29. The number of halogens is 1. The summed E-state index contributed by atoms with van der Waals surface area (Å²) in [5.41, 5.74) is 0.524. The van der Waals surface area contributed by atoms with Gasteiger partial charge in [-0.05, 0) is 33.0 Å². The van der Waals surface area contributed by atoms with Crippen molar-refractivity contribution < 1.29 is 9.50 Å². The molecular weight excluding hydrogens is 219 g/mol. The molecule has 0 fully saturated rings. The number of pyridine rings is 1. The number of aliphatic hydroxyl groups is 1. The number of aromatic nitrogens is 1. The maximum absolute atomic E-state index is 12.7. The third-order valence-electron chi connectivity index (χ3n) is 3.05. The van der Waals surface area contributed by atoms with Crippen LogP contribution < -0.4 is 0 Å². The monoisotopic (exact) mass is 240 g/mol. The van der Waals surface area contributed by atoms with Gasteiger partial charge >= 0.3 is 0 Å². The molecule has 0 radical (unpaired) electrons. The molecule has 1 aromatic rings. The van der Waals surface area contributed by atoms with Crippen LogP contribution in [0.15, 0.2) is 18.3 Å². The summed E-state index contributed by atoms with van der Waals surface area (Å²) in [4.78, 5) is 6.07.